The van der Waals surface area contributed by atoms with Gasteiger partial charge in [0, 0.05) is 45.5 Å². The highest BCUT2D eigenvalue weighted by Gasteiger charge is 2.22. The lowest BCUT2D eigenvalue weighted by Gasteiger charge is -2.37. The topological polar surface area (TPSA) is 89.9 Å². The average molecular weight is 409 g/mol. The number of nitrogens with one attached hydrogen (secondary N) is 2. The molecule has 1 saturated heterocycles. The van der Waals surface area contributed by atoms with E-state index < -0.39 is 10.0 Å². The van der Waals surface area contributed by atoms with E-state index in [0.717, 1.165) is 57.3 Å². The van der Waals surface area contributed by atoms with Gasteiger partial charge in [-0.15, -0.1) is 0 Å². The second-order valence-electron chi connectivity index (χ2n) is 7.36. The third kappa shape index (κ3) is 6.07. The summed E-state index contributed by atoms with van der Waals surface area (Å²) >= 11 is 0. The number of nitrogens with zero attached hydrogens (tertiary/aromatic N) is 4. The predicted octanol–water partition coefficient (Wildman–Crippen LogP) is 0.889. The molecule has 0 unspecified atom stereocenters. The fraction of sp³-hybridized carbons (Fsp3) is 0.684. The Morgan fingerprint density at radius 3 is 2.64 bits per heavy atom. The third-order valence-corrected chi connectivity index (χ3v) is 6.65. The molecule has 1 aromatic rings. The summed E-state index contributed by atoms with van der Waals surface area (Å²) in [6.07, 6.45) is 5.30. The molecule has 0 amide bonds. The van der Waals surface area contributed by atoms with Gasteiger partial charge < -0.3 is 15.1 Å². The quantitative estimate of drug-likeness (QED) is 0.490. The molecule has 1 aliphatic carbocycles. The van der Waals surface area contributed by atoms with E-state index in [9.17, 15) is 8.42 Å². The number of aromatic nitrogens is 1. The molecule has 1 saturated carbocycles. The van der Waals surface area contributed by atoms with Gasteiger partial charge in [0.15, 0.2) is 5.96 Å². The highest BCUT2D eigenvalue weighted by molar-refractivity contribution is 7.89. The molecule has 0 spiro atoms. The van der Waals surface area contributed by atoms with E-state index in [2.05, 4.69) is 29.8 Å². The van der Waals surface area contributed by atoms with Gasteiger partial charge in [-0.1, -0.05) is 12.5 Å². The van der Waals surface area contributed by atoms with E-state index in [1.165, 1.54) is 6.42 Å². The van der Waals surface area contributed by atoms with Gasteiger partial charge in [-0.3, -0.25) is 4.99 Å². The predicted molar refractivity (Wildman–Crippen MR) is 113 cm³/mol. The lowest BCUT2D eigenvalue weighted by Crippen LogP contribution is -2.52. The number of piperazine rings is 1. The average Bonchev–Trinajstić information content (AvgIpc) is 2.67. The maximum atomic E-state index is 12.2. The zero-order valence-electron chi connectivity index (χ0n) is 16.7. The molecule has 0 atom stereocenters. The van der Waals surface area contributed by atoms with Crippen molar-refractivity contribution in [3.8, 4) is 0 Å². The maximum absolute atomic E-state index is 12.2. The van der Waals surface area contributed by atoms with Gasteiger partial charge in [0.25, 0.3) is 0 Å². The van der Waals surface area contributed by atoms with Crippen LogP contribution in [0.1, 0.15) is 26.2 Å². The van der Waals surface area contributed by atoms with Crippen molar-refractivity contribution >= 4 is 21.8 Å². The van der Waals surface area contributed by atoms with Crippen molar-refractivity contribution in [3.63, 3.8) is 0 Å². The van der Waals surface area contributed by atoms with Gasteiger partial charge in [-0.25, -0.2) is 18.1 Å². The summed E-state index contributed by atoms with van der Waals surface area (Å²) < 4.78 is 27.1. The van der Waals surface area contributed by atoms with E-state index in [1.807, 2.05) is 31.3 Å². The fourth-order valence-corrected chi connectivity index (χ4v) is 4.37. The highest BCUT2D eigenvalue weighted by atomic mass is 32.2. The summed E-state index contributed by atoms with van der Waals surface area (Å²) in [5, 5.41) is 3.29. The van der Waals surface area contributed by atoms with Crippen LogP contribution in [0.5, 0.6) is 0 Å². The molecule has 1 aromatic heterocycles. The number of hydrogen-bond donors (Lipinski definition) is 2. The first-order chi connectivity index (χ1) is 13.6. The Balaban J connectivity index is 1.48. The molecule has 3 rings (SSSR count). The SMILES string of the molecule is CCNC(=NCCS(=O)(=O)NCC1CCC1)N1CCN(c2ccccn2)CC1. The van der Waals surface area contributed by atoms with Gasteiger partial charge in [-0.2, -0.15) is 0 Å². The van der Waals surface area contributed by atoms with E-state index in [1.54, 1.807) is 0 Å². The molecular formula is C19H32N6O2S. The van der Waals surface area contributed by atoms with Crippen LogP contribution in [0, 0.1) is 5.92 Å². The summed E-state index contributed by atoms with van der Waals surface area (Å²) in [6.45, 7) is 7.00. The Kier molecular flexibility index (Phi) is 7.50. The normalized spacial score (nSPS) is 18.8. The van der Waals surface area contributed by atoms with Crippen molar-refractivity contribution < 1.29 is 8.42 Å². The molecule has 2 heterocycles. The molecule has 28 heavy (non-hydrogen) atoms. The van der Waals surface area contributed by atoms with Crippen LogP contribution in [0.4, 0.5) is 5.82 Å². The van der Waals surface area contributed by atoms with Gasteiger partial charge in [0.1, 0.15) is 5.82 Å². The monoisotopic (exact) mass is 408 g/mol. The van der Waals surface area contributed by atoms with Crippen molar-refractivity contribution in [3.05, 3.63) is 24.4 Å². The van der Waals surface area contributed by atoms with Crippen molar-refractivity contribution in [1.29, 1.82) is 0 Å². The summed E-state index contributed by atoms with van der Waals surface area (Å²) in [5.74, 6) is 2.33. The Labute approximate surface area is 168 Å². The lowest BCUT2D eigenvalue weighted by molar-refractivity contribution is 0.316. The smallest absolute Gasteiger partial charge is 0.213 e. The standard InChI is InChI=1S/C19H32N6O2S/c1-2-20-19(22-10-15-28(26,27)23-16-17-6-5-7-17)25-13-11-24(12-14-25)18-8-3-4-9-21-18/h3-4,8-9,17,23H,2,5-7,10-16H2,1H3,(H,20,22). The number of guanidine groups is 1. The highest BCUT2D eigenvalue weighted by Crippen LogP contribution is 2.25. The minimum absolute atomic E-state index is 0.0303. The first-order valence-electron chi connectivity index (χ1n) is 10.2. The van der Waals surface area contributed by atoms with Gasteiger partial charge in [0.05, 0.1) is 12.3 Å². The first kappa shape index (κ1) is 20.9. The van der Waals surface area contributed by atoms with E-state index in [4.69, 9.17) is 0 Å². The Hall–Kier alpha value is -1.87. The van der Waals surface area contributed by atoms with Crippen LogP contribution in [0.2, 0.25) is 0 Å². The number of rotatable bonds is 8. The molecule has 9 heteroatoms. The number of anilines is 1. The summed E-state index contributed by atoms with van der Waals surface area (Å²) in [5.41, 5.74) is 0. The minimum atomic E-state index is -3.26. The summed E-state index contributed by atoms with van der Waals surface area (Å²) in [7, 11) is -3.26. The molecule has 0 bridgehead atoms. The van der Waals surface area contributed by atoms with E-state index >= 15 is 0 Å². The number of pyridine rings is 1. The van der Waals surface area contributed by atoms with Crippen molar-refractivity contribution in [2.75, 3.05) is 56.5 Å². The zero-order valence-corrected chi connectivity index (χ0v) is 17.5. The van der Waals surface area contributed by atoms with Crippen molar-refractivity contribution in [1.82, 2.24) is 19.9 Å². The fourth-order valence-electron chi connectivity index (χ4n) is 3.40. The zero-order chi connectivity index (χ0) is 19.8. The van der Waals surface area contributed by atoms with Crippen LogP contribution in [0.15, 0.2) is 29.4 Å². The molecule has 156 valence electrons. The molecule has 0 radical (unpaired) electrons. The van der Waals surface area contributed by atoms with Gasteiger partial charge >= 0.3 is 0 Å². The minimum Gasteiger partial charge on any atom is -0.357 e. The number of hydrogen-bond acceptors (Lipinski definition) is 5. The second kappa shape index (κ2) is 10.1. The largest absolute Gasteiger partial charge is 0.357 e. The molecular weight excluding hydrogens is 376 g/mol. The van der Waals surface area contributed by atoms with Crippen LogP contribution >= 0.6 is 0 Å². The molecule has 2 aliphatic rings. The molecule has 2 N–H and O–H groups in total. The Morgan fingerprint density at radius 1 is 1.25 bits per heavy atom. The number of aliphatic imine (C=N–C) groups is 1. The van der Waals surface area contributed by atoms with Crippen LogP contribution < -0.4 is 14.9 Å². The number of sulfonamides is 1. The van der Waals surface area contributed by atoms with Crippen molar-refractivity contribution in [2.45, 2.75) is 26.2 Å². The van der Waals surface area contributed by atoms with Crippen molar-refractivity contribution in [2.24, 2.45) is 10.9 Å². The van der Waals surface area contributed by atoms with Gasteiger partial charge in [-0.05, 0) is 37.8 Å². The molecule has 2 fully saturated rings. The molecule has 1 aliphatic heterocycles. The third-order valence-electron chi connectivity index (χ3n) is 5.33. The van der Waals surface area contributed by atoms with E-state index in [0.29, 0.717) is 12.5 Å². The van der Waals surface area contributed by atoms with Crippen LogP contribution in [0.25, 0.3) is 0 Å². The van der Waals surface area contributed by atoms with Gasteiger partial charge in [0.2, 0.25) is 10.0 Å². The van der Waals surface area contributed by atoms with E-state index in [-0.39, 0.29) is 12.3 Å². The van der Waals surface area contributed by atoms with Crippen LogP contribution in [0.3, 0.4) is 0 Å². The maximum Gasteiger partial charge on any atom is 0.213 e. The lowest BCUT2D eigenvalue weighted by atomic mass is 9.86. The second-order valence-corrected chi connectivity index (χ2v) is 9.29. The molecule has 0 aromatic carbocycles. The summed E-state index contributed by atoms with van der Waals surface area (Å²) in [4.78, 5) is 13.4. The van der Waals surface area contributed by atoms with Crippen LogP contribution in [-0.2, 0) is 10.0 Å². The Morgan fingerprint density at radius 2 is 2.04 bits per heavy atom. The Bertz CT molecular complexity index is 728. The summed E-state index contributed by atoms with van der Waals surface area (Å²) in [6, 6.07) is 5.95. The van der Waals surface area contributed by atoms with Crippen LogP contribution in [-0.4, -0.2) is 75.8 Å². The first-order valence-corrected chi connectivity index (χ1v) is 11.9. The molecule has 8 nitrogen and oxygen atoms in total.